The number of nitrogens with one attached hydrogen (secondary N) is 2. The molecule has 0 heterocycles. The van der Waals surface area contributed by atoms with Crippen molar-refractivity contribution in [3.63, 3.8) is 0 Å². The first kappa shape index (κ1) is 8.84. The summed E-state index contributed by atoms with van der Waals surface area (Å²) in [5, 5.41) is 5.83. The van der Waals surface area contributed by atoms with E-state index in [1.807, 2.05) is 0 Å². The molecule has 0 fully saturated rings. The molecule has 6 N–H and O–H groups in total. The van der Waals surface area contributed by atoms with E-state index in [1.165, 1.54) is 0 Å². The Bertz CT molecular complexity index is 69.4. The molecule has 9 heavy (non-hydrogen) atoms. The van der Waals surface area contributed by atoms with Crippen LogP contribution in [0.1, 0.15) is 6.42 Å². The van der Waals surface area contributed by atoms with Crippen LogP contribution in [0.4, 0.5) is 0 Å². The predicted octanol–water partition coefficient (Wildman–Crippen LogP) is -1.61. The molecule has 0 radical (unpaired) electrons. The first-order valence-corrected chi connectivity index (χ1v) is 3.05. The molecule has 0 saturated heterocycles. The highest BCUT2D eigenvalue weighted by atomic mass is 15.3. The van der Waals surface area contributed by atoms with Crippen LogP contribution in [0.25, 0.3) is 0 Å². The molecule has 0 aliphatic carbocycles. The van der Waals surface area contributed by atoms with Gasteiger partial charge in [0.25, 0.3) is 0 Å². The minimum Gasteiger partial charge on any atom is -0.330 e. The van der Waals surface area contributed by atoms with Crippen LogP contribution >= 0.6 is 0 Å². The largest absolute Gasteiger partial charge is 0.330 e. The molecule has 4 heteroatoms. The number of hydrogen-bond donors (Lipinski definition) is 4. The SMILES string of the molecule is CNC(N)(CCN)NC. The van der Waals surface area contributed by atoms with Gasteiger partial charge in [-0.1, -0.05) is 0 Å². The average molecular weight is 132 g/mol. The topological polar surface area (TPSA) is 76.1 Å². The smallest absolute Gasteiger partial charge is 0.121 e. The molecule has 0 aromatic rings. The third kappa shape index (κ3) is 2.76. The molecule has 0 aliphatic heterocycles. The van der Waals surface area contributed by atoms with Gasteiger partial charge >= 0.3 is 0 Å². The van der Waals surface area contributed by atoms with Crippen molar-refractivity contribution in [3.8, 4) is 0 Å². The molecule has 0 rings (SSSR count). The number of hydrogen-bond acceptors (Lipinski definition) is 4. The zero-order valence-electron chi connectivity index (χ0n) is 6.07. The van der Waals surface area contributed by atoms with Crippen molar-refractivity contribution < 1.29 is 0 Å². The molecular formula is C5H16N4. The van der Waals surface area contributed by atoms with E-state index in [1.54, 1.807) is 14.1 Å². The van der Waals surface area contributed by atoms with Crippen LogP contribution in [0.3, 0.4) is 0 Å². The van der Waals surface area contributed by atoms with Gasteiger partial charge in [-0.25, -0.2) is 0 Å². The van der Waals surface area contributed by atoms with Crippen molar-refractivity contribution in [1.82, 2.24) is 10.6 Å². The average Bonchev–Trinajstić information content (AvgIpc) is 1.89. The zero-order chi connectivity index (χ0) is 7.33. The van der Waals surface area contributed by atoms with Gasteiger partial charge in [0.05, 0.1) is 0 Å². The predicted molar refractivity (Wildman–Crippen MR) is 38.7 cm³/mol. The molecule has 0 aliphatic rings. The molecular weight excluding hydrogens is 116 g/mol. The first-order valence-electron chi connectivity index (χ1n) is 3.05. The van der Waals surface area contributed by atoms with Gasteiger partial charge in [0, 0.05) is 6.42 Å². The summed E-state index contributed by atoms with van der Waals surface area (Å²) in [6, 6.07) is 0. The fraction of sp³-hybridized carbons (Fsp3) is 1.00. The lowest BCUT2D eigenvalue weighted by Gasteiger charge is -2.27. The van der Waals surface area contributed by atoms with E-state index < -0.39 is 5.79 Å². The quantitative estimate of drug-likeness (QED) is 0.347. The van der Waals surface area contributed by atoms with Crippen molar-refractivity contribution >= 4 is 0 Å². The molecule has 0 saturated carbocycles. The lowest BCUT2D eigenvalue weighted by molar-refractivity contribution is 0.289. The summed E-state index contributed by atoms with van der Waals surface area (Å²) in [6.45, 7) is 0.582. The molecule has 56 valence electrons. The van der Waals surface area contributed by atoms with Crippen molar-refractivity contribution in [2.24, 2.45) is 11.5 Å². The maximum atomic E-state index is 5.70. The van der Waals surface area contributed by atoms with E-state index in [4.69, 9.17) is 11.5 Å². The lowest BCUT2D eigenvalue weighted by Crippen LogP contribution is -2.62. The molecule has 0 unspecified atom stereocenters. The first-order chi connectivity index (χ1) is 4.18. The summed E-state index contributed by atoms with van der Waals surface area (Å²) in [5.41, 5.74) is 11.0. The van der Waals surface area contributed by atoms with Gasteiger partial charge in [0.2, 0.25) is 0 Å². The van der Waals surface area contributed by atoms with Crippen LogP contribution in [0, 0.1) is 0 Å². The van der Waals surface area contributed by atoms with Crippen LogP contribution in [0.5, 0.6) is 0 Å². The van der Waals surface area contributed by atoms with Crippen LogP contribution in [-0.4, -0.2) is 26.4 Å². The van der Waals surface area contributed by atoms with Crippen molar-refractivity contribution in [3.05, 3.63) is 0 Å². The highest BCUT2D eigenvalue weighted by Crippen LogP contribution is 1.91. The molecule has 4 nitrogen and oxygen atoms in total. The van der Waals surface area contributed by atoms with Gasteiger partial charge in [-0.15, -0.1) is 0 Å². The van der Waals surface area contributed by atoms with E-state index in [2.05, 4.69) is 10.6 Å². The molecule has 0 atom stereocenters. The number of rotatable bonds is 4. The summed E-state index contributed by atoms with van der Waals surface area (Å²) in [4.78, 5) is 0. The van der Waals surface area contributed by atoms with Crippen LogP contribution < -0.4 is 22.1 Å². The van der Waals surface area contributed by atoms with Gasteiger partial charge in [0.1, 0.15) is 5.79 Å². The van der Waals surface area contributed by atoms with Gasteiger partial charge < -0.3 is 11.5 Å². The molecule has 0 amide bonds. The van der Waals surface area contributed by atoms with Crippen LogP contribution in [0.15, 0.2) is 0 Å². The molecule has 0 aromatic heterocycles. The van der Waals surface area contributed by atoms with Gasteiger partial charge in [-0.3, -0.25) is 10.6 Å². The summed E-state index contributed by atoms with van der Waals surface area (Å²) in [6.07, 6.45) is 0.722. The van der Waals surface area contributed by atoms with E-state index in [-0.39, 0.29) is 0 Å². The van der Waals surface area contributed by atoms with Crippen LogP contribution in [-0.2, 0) is 0 Å². The van der Waals surface area contributed by atoms with Crippen molar-refractivity contribution in [2.75, 3.05) is 20.6 Å². The van der Waals surface area contributed by atoms with E-state index >= 15 is 0 Å². The fourth-order valence-electron chi connectivity index (χ4n) is 0.603. The fourth-order valence-corrected chi connectivity index (χ4v) is 0.603. The van der Waals surface area contributed by atoms with Gasteiger partial charge in [-0.05, 0) is 20.6 Å². The second-order valence-electron chi connectivity index (χ2n) is 2.01. The Morgan fingerprint density at radius 2 is 1.78 bits per heavy atom. The normalized spacial score (nSPS) is 12.0. The van der Waals surface area contributed by atoms with Crippen LogP contribution in [0.2, 0.25) is 0 Å². The molecule has 0 bridgehead atoms. The Morgan fingerprint density at radius 3 is 1.89 bits per heavy atom. The minimum absolute atomic E-state index is 0.491. The third-order valence-corrected chi connectivity index (χ3v) is 1.43. The number of nitrogens with two attached hydrogens (primary N) is 2. The van der Waals surface area contributed by atoms with Crippen molar-refractivity contribution in [1.29, 1.82) is 0 Å². The highest BCUT2D eigenvalue weighted by Gasteiger charge is 2.16. The summed E-state index contributed by atoms with van der Waals surface area (Å²) in [7, 11) is 3.60. The second kappa shape index (κ2) is 3.79. The van der Waals surface area contributed by atoms with E-state index in [9.17, 15) is 0 Å². The standard InChI is InChI=1S/C5H16N4/c1-8-5(7,9-2)3-4-6/h8-9H,3-4,6-7H2,1-2H3. The summed E-state index contributed by atoms with van der Waals surface area (Å²) >= 11 is 0. The second-order valence-corrected chi connectivity index (χ2v) is 2.01. The van der Waals surface area contributed by atoms with Gasteiger partial charge in [0.15, 0.2) is 0 Å². The lowest BCUT2D eigenvalue weighted by atomic mass is 10.2. The monoisotopic (exact) mass is 132 g/mol. The Hall–Kier alpha value is -0.160. The van der Waals surface area contributed by atoms with E-state index in [0.29, 0.717) is 6.54 Å². The maximum absolute atomic E-state index is 5.70. The summed E-state index contributed by atoms with van der Waals surface area (Å²) in [5.74, 6) is -0.491. The Balaban J connectivity index is 3.62. The zero-order valence-corrected chi connectivity index (χ0v) is 6.07. The summed E-state index contributed by atoms with van der Waals surface area (Å²) < 4.78 is 0. The van der Waals surface area contributed by atoms with Gasteiger partial charge in [-0.2, -0.15) is 0 Å². The maximum Gasteiger partial charge on any atom is 0.121 e. The van der Waals surface area contributed by atoms with Crippen molar-refractivity contribution in [2.45, 2.75) is 12.2 Å². The molecule has 0 spiro atoms. The Morgan fingerprint density at radius 1 is 1.33 bits per heavy atom. The Kier molecular flexibility index (Phi) is 3.72. The third-order valence-electron chi connectivity index (χ3n) is 1.43. The van der Waals surface area contributed by atoms with E-state index in [0.717, 1.165) is 6.42 Å². The molecule has 0 aromatic carbocycles. The minimum atomic E-state index is -0.491. The Labute approximate surface area is 56.0 Å². The highest BCUT2D eigenvalue weighted by molar-refractivity contribution is 4.74.